The van der Waals surface area contributed by atoms with Crippen molar-refractivity contribution in [1.29, 1.82) is 0 Å². The molecule has 0 unspecified atom stereocenters. The highest BCUT2D eigenvalue weighted by molar-refractivity contribution is 14.1. The second kappa shape index (κ2) is 6.29. The van der Waals surface area contributed by atoms with Gasteiger partial charge in [-0.2, -0.15) is 0 Å². The molecule has 2 aromatic carbocycles. The second-order valence-electron chi connectivity index (χ2n) is 3.75. The molecule has 2 nitrogen and oxygen atoms in total. The maximum atomic E-state index is 6.19. The highest BCUT2D eigenvalue weighted by atomic mass is 127. The van der Waals surface area contributed by atoms with Crippen LogP contribution in [0.3, 0.4) is 0 Å². The molecule has 0 saturated heterocycles. The Kier molecular flexibility index (Phi) is 4.72. The number of hydrogen-bond acceptors (Lipinski definition) is 2. The molecular weight excluding hydrogens is 361 g/mol. The summed E-state index contributed by atoms with van der Waals surface area (Å²) in [5.41, 5.74) is 2.07. The lowest BCUT2D eigenvalue weighted by atomic mass is 10.2. The summed E-state index contributed by atoms with van der Waals surface area (Å²) in [5.74, 6) is 0.806. The van der Waals surface area contributed by atoms with E-state index in [0.29, 0.717) is 11.6 Å². The highest BCUT2D eigenvalue weighted by Crippen LogP contribution is 2.27. The van der Waals surface area contributed by atoms with Gasteiger partial charge < -0.3 is 10.1 Å². The molecule has 1 N–H and O–H groups in total. The summed E-state index contributed by atoms with van der Waals surface area (Å²) in [7, 11) is 1.65. The van der Waals surface area contributed by atoms with Gasteiger partial charge in [0, 0.05) is 26.4 Å². The number of para-hydroxylation sites is 1. The van der Waals surface area contributed by atoms with Crippen molar-refractivity contribution in [3.63, 3.8) is 0 Å². The van der Waals surface area contributed by atoms with Crippen molar-refractivity contribution in [2.24, 2.45) is 0 Å². The Morgan fingerprint density at radius 3 is 2.67 bits per heavy atom. The van der Waals surface area contributed by atoms with Gasteiger partial charge in [0.15, 0.2) is 0 Å². The lowest BCUT2D eigenvalue weighted by molar-refractivity contribution is 0.410. The van der Waals surface area contributed by atoms with E-state index in [1.807, 2.05) is 36.4 Å². The van der Waals surface area contributed by atoms with Crippen LogP contribution in [0.1, 0.15) is 5.56 Å². The Labute approximate surface area is 125 Å². The van der Waals surface area contributed by atoms with Crippen LogP contribution < -0.4 is 10.1 Å². The minimum atomic E-state index is 0.642. The van der Waals surface area contributed by atoms with Crippen LogP contribution in [0.4, 0.5) is 5.69 Å². The lowest BCUT2D eigenvalue weighted by Crippen LogP contribution is -2.03. The molecule has 0 spiro atoms. The molecule has 2 rings (SSSR count). The molecular formula is C14H13ClINO. The highest BCUT2D eigenvalue weighted by Gasteiger charge is 2.07. The number of ether oxygens (including phenoxy) is 1. The Morgan fingerprint density at radius 1 is 1.17 bits per heavy atom. The van der Waals surface area contributed by atoms with Gasteiger partial charge in [0.25, 0.3) is 0 Å². The number of halogens is 2. The predicted octanol–water partition coefficient (Wildman–Crippen LogP) is 4.57. The van der Waals surface area contributed by atoms with E-state index >= 15 is 0 Å². The normalized spacial score (nSPS) is 10.2. The van der Waals surface area contributed by atoms with Crippen LogP contribution in [-0.4, -0.2) is 7.11 Å². The molecule has 0 aromatic heterocycles. The lowest BCUT2D eigenvalue weighted by Gasteiger charge is -2.13. The maximum Gasteiger partial charge on any atom is 0.125 e. The Hall–Kier alpha value is -0.940. The Balaban J connectivity index is 2.18. The topological polar surface area (TPSA) is 21.3 Å². The molecule has 18 heavy (non-hydrogen) atoms. The van der Waals surface area contributed by atoms with Crippen molar-refractivity contribution in [1.82, 2.24) is 0 Å². The van der Waals surface area contributed by atoms with Gasteiger partial charge in [-0.3, -0.25) is 0 Å². The van der Waals surface area contributed by atoms with Gasteiger partial charge in [0.05, 0.1) is 7.11 Å². The van der Waals surface area contributed by atoms with Gasteiger partial charge in [-0.25, -0.2) is 0 Å². The first-order chi connectivity index (χ1) is 8.72. The quantitative estimate of drug-likeness (QED) is 0.793. The maximum absolute atomic E-state index is 6.19. The first kappa shape index (κ1) is 13.5. The number of hydrogen-bond donors (Lipinski definition) is 1. The van der Waals surface area contributed by atoms with Crippen LogP contribution in [0, 0.1) is 3.57 Å². The molecule has 4 heteroatoms. The molecule has 0 bridgehead atoms. The smallest absolute Gasteiger partial charge is 0.125 e. The molecule has 0 aliphatic rings. The van der Waals surface area contributed by atoms with E-state index in [9.17, 15) is 0 Å². The number of anilines is 1. The average Bonchev–Trinajstić information content (AvgIpc) is 2.39. The van der Waals surface area contributed by atoms with E-state index in [1.54, 1.807) is 7.11 Å². The average molecular weight is 374 g/mol. The van der Waals surface area contributed by atoms with Crippen molar-refractivity contribution in [2.45, 2.75) is 6.54 Å². The molecule has 0 heterocycles. The van der Waals surface area contributed by atoms with E-state index in [2.05, 4.69) is 34.0 Å². The molecule has 0 radical (unpaired) electrons. The van der Waals surface area contributed by atoms with Crippen LogP contribution in [0.15, 0.2) is 42.5 Å². The minimum Gasteiger partial charge on any atom is -0.496 e. The minimum absolute atomic E-state index is 0.642. The fraction of sp³-hybridized carbons (Fsp3) is 0.143. The first-order valence-electron chi connectivity index (χ1n) is 5.52. The van der Waals surface area contributed by atoms with Crippen LogP contribution in [0.25, 0.3) is 0 Å². The van der Waals surface area contributed by atoms with Crippen LogP contribution >= 0.6 is 34.2 Å². The molecule has 0 atom stereocenters. The fourth-order valence-corrected chi connectivity index (χ4v) is 2.50. The molecule has 94 valence electrons. The zero-order valence-corrected chi connectivity index (χ0v) is 12.8. The molecule has 0 fully saturated rings. The Morgan fingerprint density at radius 2 is 1.94 bits per heavy atom. The van der Waals surface area contributed by atoms with E-state index in [-0.39, 0.29) is 0 Å². The number of methoxy groups -OCH3 is 1. The summed E-state index contributed by atoms with van der Waals surface area (Å²) >= 11 is 8.50. The van der Waals surface area contributed by atoms with Gasteiger partial charge in [-0.15, -0.1) is 0 Å². The number of rotatable bonds is 4. The van der Waals surface area contributed by atoms with Gasteiger partial charge in [0.2, 0.25) is 0 Å². The summed E-state index contributed by atoms with van der Waals surface area (Å²) < 4.78 is 6.50. The summed E-state index contributed by atoms with van der Waals surface area (Å²) in [4.78, 5) is 0. The van der Waals surface area contributed by atoms with E-state index in [4.69, 9.17) is 16.3 Å². The third-order valence-corrected chi connectivity index (χ3v) is 3.92. The fourth-order valence-electron chi connectivity index (χ4n) is 1.69. The van der Waals surface area contributed by atoms with E-state index in [1.165, 1.54) is 3.57 Å². The van der Waals surface area contributed by atoms with Crippen LogP contribution in [-0.2, 0) is 6.54 Å². The SMILES string of the molecule is COc1cccc(Cl)c1CNc1ccccc1I. The standard InChI is InChI=1S/C14H13ClINO/c1-18-14-8-4-5-11(15)10(14)9-17-13-7-3-2-6-12(13)16/h2-8,17H,9H2,1H3. The molecule has 0 aliphatic heterocycles. The largest absolute Gasteiger partial charge is 0.496 e. The van der Waals surface area contributed by atoms with E-state index in [0.717, 1.165) is 17.0 Å². The third-order valence-electron chi connectivity index (χ3n) is 2.63. The summed E-state index contributed by atoms with van der Waals surface area (Å²) in [6, 6.07) is 13.8. The zero-order chi connectivity index (χ0) is 13.0. The summed E-state index contributed by atoms with van der Waals surface area (Å²) in [6.45, 7) is 0.642. The van der Waals surface area contributed by atoms with Crippen molar-refractivity contribution >= 4 is 39.9 Å². The number of nitrogens with one attached hydrogen (secondary N) is 1. The third kappa shape index (κ3) is 3.09. The van der Waals surface area contributed by atoms with Crippen LogP contribution in [0.5, 0.6) is 5.75 Å². The Bertz CT molecular complexity index is 545. The first-order valence-corrected chi connectivity index (χ1v) is 6.98. The summed E-state index contributed by atoms with van der Waals surface area (Å²) in [5, 5.41) is 4.09. The van der Waals surface area contributed by atoms with E-state index < -0.39 is 0 Å². The zero-order valence-electron chi connectivity index (χ0n) is 9.91. The van der Waals surface area contributed by atoms with Gasteiger partial charge in [-0.1, -0.05) is 29.8 Å². The molecule has 2 aromatic rings. The molecule has 0 aliphatic carbocycles. The molecule has 0 amide bonds. The van der Waals surface area contributed by atoms with Crippen molar-refractivity contribution in [2.75, 3.05) is 12.4 Å². The summed E-state index contributed by atoms with van der Waals surface area (Å²) in [6.07, 6.45) is 0. The van der Waals surface area contributed by atoms with Crippen LogP contribution in [0.2, 0.25) is 5.02 Å². The van der Waals surface area contributed by atoms with Crippen molar-refractivity contribution < 1.29 is 4.74 Å². The van der Waals surface area contributed by atoms with Gasteiger partial charge in [-0.05, 0) is 46.9 Å². The number of benzene rings is 2. The predicted molar refractivity (Wildman–Crippen MR) is 84.5 cm³/mol. The van der Waals surface area contributed by atoms with Crippen molar-refractivity contribution in [3.05, 3.63) is 56.6 Å². The van der Waals surface area contributed by atoms with Gasteiger partial charge in [0.1, 0.15) is 5.75 Å². The van der Waals surface area contributed by atoms with Gasteiger partial charge >= 0.3 is 0 Å². The second-order valence-corrected chi connectivity index (χ2v) is 5.32. The monoisotopic (exact) mass is 373 g/mol. The van der Waals surface area contributed by atoms with Crippen molar-refractivity contribution in [3.8, 4) is 5.75 Å². The molecule has 0 saturated carbocycles.